The molecular formula is C14H12FN3OS. The van der Waals surface area contributed by atoms with Crippen LogP contribution in [0.4, 0.5) is 4.39 Å². The van der Waals surface area contributed by atoms with Gasteiger partial charge in [0.2, 0.25) is 0 Å². The first-order chi connectivity index (χ1) is 9.63. The highest BCUT2D eigenvalue weighted by molar-refractivity contribution is 7.15. The van der Waals surface area contributed by atoms with Gasteiger partial charge in [0.15, 0.2) is 4.96 Å². The summed E-state index contributed by atoms with van der Waals surface area (Å²) >= 11 is 1.53. The number of nitrogens with zero attached hydrogens (tertiary/aromatic N) is 2. The second-order valence-corrected chi connectivity index (χ2v) is 5.34. The number of aryl methyl sites for hydroxylation is 1. The van der Waals surface area contributed by atoms with Gasteiger partial charge in [-0.2, -0.15) is 0 Å². The summed E-state index contributed by atoms with van der Waals surface area (Å²) < 4.78 is 15.3. The van der Waals surface area contributed by atoms with Crippen LogP contribution in [0.3, 0.4) is 0 Å². The van der Waals surface area contributed by atoms with Gasteiger partial charge >= 0.3 is 0 Å². The minimum Gasteiger partial charge on any atom is -0.346 e. The molecule has 102 valence electrons. The Hall–Kier alpha value is -2.21. The number of amides is 1. The Morgan fingerprint density at radius 2 is 2.35 bits per heavy atom. The lowest BCUT2D eigenvalue weighted by atomic mass is 10.1. The summed E-state index contributed by atoms with van der Waals surface area (Å²) in [5, 5.41) is 4.68. The number of imidazole rings is 1. The third kappa shape index (κ3) is 2.42. The van der Waals surface area contributed by atoms with Crippen molar-refractivity contribution >= 4 is 22.2 Å². The van der Waals surface area contributed by atoms with E-state index in [4.69, 9.17) is 0 Å². The summed E-state index contributed by atoms with van der Waals surface area (Å²) in [6, 6.07) is 4.45. The molecule has 0 aliphatic heterocycles. The minimum absolute atomic E-state index is 0.305. The Balaban J connectivity index is 1.69. The van der Waals surface area contributed by atoms with E-state index in [-0.39, 0.29) is 11.7 Å². The molecule has 4 nitrogen and oxygen atoms in total. The fourth-order valence-corrected chi connectivity index (χ4v) is 2.59. The van der Waals surface area contributed by atoms with Crippen LogP contribution in [0.15, 0.2) is 36.0 Å². The van der Waals surface area contributed by atoms with Crippen LogP contribution in [0.2, 0.25) is 0 Å². The molecule has 20 heavy (non-hydrogen) atoms. The predicted molar refractivity (Wildman–Crippen MR) is 75.4 cm³/mol. The quantitative estimate of drug-likeness (QED) is 0.806. The molecular weight excluding hydrogens is 277 g/mol. The highest BCUT2D eigenvalue weighted by atomic mass is 32.1. The topological polar surface area (TPSA) is 46.4 Å². The van der Waals surface area contributed by atoms with Gasteiger partial charge in [0.25, 0.3) is 5.91 Å². The molecule has 0 fully saturated rings. The third-order valence-corrected chi connectivity index (χ3v) is 3.78. The molecule has 1 N–H and O–H groups in total. The van der Waals surface area contributed by atoms with Crippen LogP contribution in [0.25, 0.3) is 4.96 Å². The standard InChI is InChI=1S/C14H12FN3OS/c1-9-2-3-10(6-12(9)15)13(19)16-7-11-8-18-4-5-20-14(18)17-11/h2-6,8H,7H2,1H3,(H,16,19). The molecule has 6 heteroatoms. The van der Waals surface area contributed by atoms with Crippen LogP contribution in [0.5, 0.6) is 0 Å². The molecule has 0 radical (unpaired) electrons. The zero-order valence-electron chi connectivity index (χ0n) is 10.8. The molecule has 2 heterocycles. The van der Waals surface area contributed by atoms with Gasteiger partial charge in [-0.05, 0) is 24.6 Å². The maximum absolute atomic E-state index is 13.4. The van der Waals surface area contributed by atoms with Crippen molar-refractivity contribution in [3.05, 3.63) is 58.6 Å². The second kappa shape index (κ2) is 5.05. The Kier molecular flexibility index (Phi) is 3.23. The number of nitrogens with one attached hydrogen (secondary N) is 1. The fourth-order valence-electron chi connectivity index (χ4n) is 1.87. The summed E-state index contributed by atoms with van der Waals surface area (Å²) in [6.45, 7) is 1.98. The molecule has 0 saturated carbocycles. The summed E-state index contributed by atoms with van der Waals surface area (Å²) in [4.78, 5) is 17.2. The Labute approximate surface area is 118 Å². The van der Waals surface area contributed by atoms with Gasteiger partial charge in [0.05, 0.1) is 12.2 Å². The normalized spacial score (nSPS) is 10.9. The Morgan fingerprint density at radius 1 is 1.50 bits per heavy atom. The van der Waals surface area contributed by atoms with E-state index in [1.165, 1.54) is 17.4 Å². The molecule has 0 spiro atoms. The van der Waals surface area contributed by atoms with Crippen LogP contribution in [0, 0.1) is 12.7 Å². The van der Waals surface area contributed by atoms with Gasteiger partial charge < -0.3 is 5.32 Å². The van der Waals surface area contributed by atoms with Crippen LogP contribution in [0.1, 0.15) is 21.6 Å². The molecule has 0 atom stereocenters. The minimum atomic E-state index is -0.375. The molecule has 0 aliphatic carbocycles. The third-order valence-electron chi connectivity index (χ3n) is 3.01. The van der Waals surface area contributed by atoms with Gasteiger partial charge in [-0.15, -0.1) is 11.3 Å². The summed E-state index contributed by atoms with van der Waals surface area (Å²) in [5.74, 6) is -0.680. The number of rotatable bonds is 3. The van der Waals surface area contributed by atoms with E-state index in [0.29, 0.717) is 17.7 Å². The first-order valence-electron chi connectivity index (χ1n) is 6.09. The highest BCUT2D eigenvalue weighted by Gasteiger charge is 2.09. The van der Waals surface area contributed by atoms with Gasteiger partial charge in [0.1, 0.15) is 5.82 Å². The van der Waals surface area contributed by atoms with Gasteiger partial charge in [-0.25, -0.2) is 9.37 Å². The van der Waals surface area contributed by atoms with Crippen molar-refractivity contribution in [3.8, 4) is 0 Å². The predicted octanol–water partition coefficient (Wildman–Crippen LogP) is 2.77. The largest absolute Gasteiger partial charge is 0.346 e. The smallest absolute Gasteiger partial charge is 0.251 e. The molecule has 2 aromatic heterocycles. The summed E-state index contributed by atoms with van der Waals surface area (Å²) in [6.07, 6.45) is 3.77. The van der Waals surface area contributed by atoms with E-state index in [0.717, 1.165) is 10.7 Å². The number of hydrogen-bond acceptors (Lipinski definition) is 3. The number of halogens is 1. The molecule has 1 aromatic carbocycles. The lowest BCUT2D eigenvalue weighted by Crippen LogP contribution is -2.23. The number of carbonyl (C=O) groups excluding carboxylic acids is 1. The van der Waals surface area contributed by atoms with E-state index in [9.17, 15) is 9.18 Å². The van der Waals surface area contributed by atoms with Crippen molar-refractivity contribution in [2.24, 2.45) is 0 Å². The van der Waals surface area contributed by atoms with Gasteiger partial charge in [-0.3, -0.25) is 9.20 Å². The molecule has 0 saturated heterocycles. The van der Waals surface area contributed by atoms with Crippen molar-refractivity contribution in [3.63, 3.8) is 0 Å². The number of aromatic nitrogens is 2. The zero-order chi connectivity index (χ0) is 14.1. The highest BCUT2D eigenvalue weighted by Crippen LogP contribution is 2.12. The number of benzene rings is 1. The SMILES string of the molecule is Cc1ccc(C(=O)NCc2cn3ccsc3n2)cc1F. The average molecular weight is 289 g/mol. The number of hydrogen-bond donors (Lipinski definition) is 1. The Bertz CT molecular complexity index is 749. The van der Waals surface area contributed by atoms with E-state index >= 15 is 0 Å². The molecule has 0 unspecified atom stereocenters. The Morgan fingerprint density at radius 3 is 3.10 bits per heavy atom. The summed E-state index contributed by atoms with van der Waals surface area (Å²) in [5.41, 5.74) is 1.61. The summed E-state index contributed by atoms with van der Waals surface area (Å²) in [7, 11) is 0. The van der Waals surface area contributed by atoms with E-state index in [2.05, 4.69) is 10.3 Å². The number of thiazole rings is 1. The van der Waals surface area contributed by atoms with E-state index < -0.39 is 0 Å². The molecule has 3 aromatic rings. The molecule has 0 bridgehead atoms. The molecule has 1 amide bonds. The molecule has 0 aliphatic rings. The maximum Gasteiger partial charge on any atom is 0.251 e. The number of fused-ring (bicyclic) bond motifs is 1. The van der Waals surface area contributed by atoms with Crippen LogP contribution >= 0.6 is 11.3 Å². The van der Waals surface area contributed by atoms with Gasteiger partial charge in [0, 0.05) is 23.3 Å². The lowest BCUT2D eigenvalue weighted by molar-refractivity contribution is 0.0950. The molecule has 3 rings (SSSR count). The first-order valence-corrected chi connectivity index (χ1v) is 6.97. The van der Waals surface area contributed by atoms with Crippen LogP contribution in [-0.2, 0) is 6.54 Å². The second-order valence-electron chi connectivity index (χ2n) is 4.47. The van der Waals surface area contributed by atoms with Crippen LogP contribution in [-0.4, -0.2) is 15.3 Å². The average Bonchev–Trinajstić information content (AvgIpc) is 3.00. The van der Waals surface area contributed by atoms with E-state index in [1.54, 1.807) is 19.1 Å². The number of carbonyl (C=O) groups is 1. The maximum atomic E-state index is 13.4. The monoisotopic (exact) mass is 289 g/mol. The van der Waals surface area contributed by atoms with Crippen molar-refractivity contribution in [2.75, 3.05) is 0 Å². The van der Waals surface area contributed by atoms with Gasteiger partial charge in [-0.1, -0.05) is 6.07 Å². The van der Waals surface area contributed by atoms with Crippen LogP contribution < -0.4 is 5.32 Å². The lowest BCUT2D eigenvalue weighted by Gasteiger charge is -2.04. The fraction of sp³-hybridized carbons (Fsp3) is 0.143. The van der Waals surface area contributed by atoms with Crippen molar-refractivity contribution < 1.29 is 9.18 Å². The van der Waals surface area contributed by atoms with Crippen molar-refractivity contribution in [1.29, 1.82) is 0 Å². The first kappa shape index (κ1) is 12.8. The van der Waals surface area contributed by atoms with Crippen molar-refractivity contribution in [1.82, 2.24) is 14.7 Å². The van der Waals surface area contributed by atoms with Crippen molar-refractivity contribution in [2.45, 2.75) is 13.5 Å². The van der Waals surface area contributed by atoms with E-state index in [1.807, 2.05) is 22.2 Å². The zero-order valence-corrected chi connectivity index (χ0v) is 11.6.